The Balaban J connectivity index is 1.43. The van der Waals surface area contributed by atoms with Gasteiger partial charge in [0, 0.05) is 6.54 Å². The molecule has 4 rings (SSSR count). The van der Waals surface area contributed by atoms with Crippen LogP contribution in [0.1, 0.15) is 12.8 Å². The molecule has 2 heterocycles. The molecule has 2 aliphatic rings. The van der Waals surface area contributed by atoms with Gasteiger partial charge in [-0.05, 0) is 35.7 Å². The second-order valence-electron chi connectivity index (χ2n) is 7.69. The molecule has 2 N–H and O–H groups in total. The molecule has 0 radical (unpaired) electrons. The second-order valence-corrected chi connectivity index (χ2v) is 9.58. The Kier molecular flexibility index (Phi) is 6.15. The van der Waals surface area contributed by atoms with Crippen molar-refractivity contribution in [3.63, 3.8) is 0 Å². The maximum absolute atomic E-state index is 13.2. The van der Waals surface area contributed by atoms with Crippen LogP contribution in [-0.4, -0.2) is 70.6 Å². The third-order valence-corrected chi connectivity index (χ3v) is 7.72. The average molecular weight is 419 g/mol. The molecule has 0 saturated carbocycles. The van der Waals surface area contributed by atoms with Crippen LogP contribution in [0.15, 0.2) is 47.4 Å². The van der Waals surface area contributed by atoms with Gasteiger partial charge in [-0.3, -0.25) is 4.79 Å². The summed E-state index contributed by atoms with van der Waals surface area (Å²) in [5.74, 6) is -0.195. The van der Waals surface area contributed by atoms with Crippen molar-refractivity contribution < 1.29 is 22.8 Å². The Morgan fingerprint density at radius 3 is 2.69 bits per heavy atom. The van der Waals surface area contributed by atoms with Crippen LogP contribution in [-0.2, 0) is 19.6 Å². The summed E-state index contributed by atoms with van der Waals surface area (Å²) in [5.41, 5.74) is 0. The highest BCUT2D eigenvalue weighted by atomic mass is 32.2. The molecule has 156 valence electrons. The molecule has 29 heavy (non-hydrogen) atoms. The summed E-state index contributed by atoms with van der Waals surface area (Å²) in [4.78, 5) is 14.4. The normalized spacial score (nSPS) is 21.4. The minimum absolute atomic E-state index is 0.195. The number of sulfonamides is 1. The maximum Gasteiger partial charge on any atom is 0.243 e. The second kappa shape index (κ2) is 8.79. The molecule has 7 nitrogen and oxygen atoms in total. The fourth-order valence-corrected chi connectivity index (χ4v) is 5.84. The molecule has 2 aliphatic heterocycles. The van der Waals surface area contributed by atoms with Crippen LogP contribution in [0.4, 0.5) is 0 Å². The standard InChI is InChI=1S/C21H27N3O4S/c25-21(22-9-11-23-12-14-28-15-13-23)20-6-3-10-24(20)29(26,27)19-8-7-17-4-1-2-5-18(17)16-19/h1-2,4-5,7-8,16,20H,3,6,9-15H2,(H,22,25)/p+1/t20-/m1/s1. The number of amides is 1. The first-order valence-electron chi connectivity index (χ1n) is 10.3. The zero-order chi connectivity index (χ0) is 20.3. The van der Waals surface area contributed by atoms with Crippen LogP contribution in [0.3, 0.4) is 0 Å². The van der Waals surface area contributed by atoms with Gasteiger partial charge in [-0.2, -0.15) is 4.31 Å². The molecule has 1 amide bonds. The summed E-state index contributed by atoms with van der Waals surface area (Å²) in [5, 5.41) is 4.82. The number of ether oxygens (including phenoxy) is 1. The summed E-state index contributed by atoms with van der Waals surface area (Å²) in [7, 11) is -3.72. The topological polar surface area (TPSA) is 80.2 Å². The highest BCUT2D eigenvalue weighted by molar-refractivity contribution is 7.89. The largest absolute Gasteiger partial charge is 0.370 e. The van der Waals surface area contributed by atoms with Gasteiger partial charge in [-0.15, -0.1) is 0 Å². The molecule has 2 saturated heterocycles. The number of morpholine rings is 1. The van der Waals surface area contributed by atoms with E-state index in [0.29, 0.717) is 25.9 Å². The third-order valence-electron chi connectivity index (χ3n) is 5.81. The van der Waals surface area contributed by atoms with E-state index in [1.807, 2.05) is 30.3 Å². The maximum atomic E-state index is 13.2. The number of fused-ring (bicyclic) bond motifs is 1. The Morgan fingerprint density at radius 1 is 1.14 bits per heavy atom. The van der Waals surface area contributed by atoms with E-state index in [-0.39, 0.29) is 10.8 Å². The minimum atomic E-state index is -3.72. The number of carbonyl (C=O) groups is 1. The van der Waals surface area contributed by atoms with Gasteiger partial charge in [0.2, 0.25) is 15.9 Å². The molecular weight excluding hydrogens is 390 g/mol. The molecule has 8 heteroatoms. The number of rotatable bonds is 6. The van der Waals surface area contributed by atoms with Gasteiger partial charge in [0.25, 0.3) is 0 Å². The summed E-state index contributed by atoms with van der Waals surface area (Å²) < 4.78 is 33.2. The predicted octanol–water partition coefficient (Wildman–Crippen LogP) is 0.0242. The molecule has 2 aromatic rings. The van der Waals surface area contributed by atoms with E-state index in [9.17, 15) is 13.2 Å². The highest BCUT2D eigenvalue weighted by Crippen LogP contribution is 2.28. The zero-order valence-corrected chi connectivity index (χ0v) is 17.3. The molecule has 0 bridgehead atoms. The predicted molar refractivity (Wildman–Crippen MR) is 110 cm³/mol. The molecule has 2 aromatic carbocycles. The molecule has 0 unspecified atom stereocenters. The van der Waals surface area contributed by atoms with Gasteiger partial charge in [-0.25, -0.2) is 8.42 Å². The van der Waals surface area contributed by atoms with Crippen molar-refractivity contribution in [3.8, 4) is 0 Å². The van der Waals surface area contributed by atoms with Gasteiger partial charge in [0.15, 0.2) is 0 Å². The quantitative estimate of drug-likeness (QED) is 0.694. The van der Waals surface area contributed by atoms with E-state index in [1.165, 1.54) is 9.21 Å². The van der Waals surface area contributed by atoms with Crippen molar-refractivity contribution in [2.45, 2.75) is 23.8 Å². The van der Waals surface area contributed by atoms with Crippen LogP contribution in [0, 0.1) is 0 Å². The lowest BCUT2D eigenvalue weighted by Crippen LogP contribution is -3.14. The number of nitrogens with one attached hydrogen (secondary N) is 2. The van der Waals surface area contributed by atoms with Gasteiger partial charge in [0.1, 0.15) is 19.1 Å². The van der Waals surface area contributed by atoms with Gasteiger partial charge >= 0.3 is 0 Å². The fraction of sp³-hybridized carbons (Fsp3) is 0.476. The van der Waals surface area contributed by atoms with E-state index in [1.54, 1.807) is 12.1 Å². The fourth-order valence-electron chi connectivity index (χ4n) is 4.14. The van der Waals surface area contributed by atoms with Crippen LogP contribution in [0.5, 0.6) is 0 Å². The van der Waals surface area contributed by atoms with E-state index < -0.39 is 16.1 Å². The number of hydrogen-bond donors (Lipinski definition) is 2. The van der Waals surface area contributed by atoms with Crippen LogP contribution >= 0.6 is 0 Å². The van der Waals surface area contributed by atoms with Crippen LogP contribution in [0.25, 0.3) is 10.8 Å². The summed E-state index contributed by atoms with van der Waals surface area (Å²) in [6.07, 6.45) is 1.25. The zero-order valence-electron chi connectivity index (χ0n) is 16.5. The van der Waals surface area contributed by atoms with Gasteiger partial charge in [-0.1, -0.05) is 30.3 Å². The average Bonchev–Trinajstić information content (AvgIpc) is 3.25. The Morgan fingerprint density at radius 2 is 1.90 bits per heavy atom. The first-order chi connectivity index (χ1) is 14.1. The number of benzene rings is 2. The number of carbonyl (C=O) groups excluding carboxylic acids is 1. The molecule has 0 aliphatic carbocycles. The van der Waals surface area contributed by atoms with Crippen molar-refractivity contribution in [2.75, 3.05) is 45.9 Å². The molecule has 1 atom stereocenters. The molecule has 0 aromatic heterocycles. The summed E-state index contributed by atoms with van der Waals surface area (Å²) in [6.45, 7) is 5.16. The van der Waals surface area contributed by atoms with Crippen LogP contribution in [0.2, 0.25) is 0 Å². The first-order valence-corrected chi connectivity index (χ1v) is 11.7. The number of quaternary nitrogens is 1. The van der Waals surface area contributed by atoms with E-state index in [0.717, 1.165) is 43.6 Å². The number of nitrogens with zero attached hydrogens (tertiary/aromatic N) is 1. The van der Waals surface area contributed by atoms with Crippen molar-refractivity contribution in [1.29, 1.82) is 0 Å². The van der Waals surface area contributed by atoms with E-state index in [2.05, 4.69) is 5.32 Å². The lowest BCUT2D eigenvalue weighted by Gasteiger charge is -2.25. The molecule has 0 spiro atoms. The Bertz CT molecular complexity index is 973. The molecular formula is C21H28N3O4S+. The SMILES string of the molecule is O=C(NCC[NH+]1CCOCC1)[C@H]1CCCN1S(=O)(=O)c1ccc2ccccc2c1. The minimum Gasteiger partial charge on any atom is -0.370 e. The highest BCUT2D eigenvalue weighted by Gasteiger charge is 2.39. The monoisotopic (exact) mass is 418 g/mol. The lowest BCUT2D eigenvalue weighted by molar-refractivity contribution is -0.906. The van der Waals surface area contributed by atoms with Crippen molar-refractivity contribution in [3.05, 3.63) is 42.5 Å². The van der Waals surface area contributed by atoms with Crippen molar-refractivity contribution in [1.82, 2.24) is 9.62 Å². The van der Waals surface area contributed by atoms with Crippen molar-refractivity contribution >= 4 is 26.7 Å². The third kappa shape index (κ3) is 4.45. The van der Waals surface area contributed by atoms with E-state index >= 15 is 0 Å². The Labute approximate surface area is 171 Å². The molecule has 2 fully saturated rings. The van der Waals surface area contributed by atoms with Gasteiger partial charge in [0.05, 0.1) is 31.2 Å². The van der Waals surface area contributed by atoms with Crippen molar-refractivity contribution in [2.24, 2.45) is 0 Å². The number of hydrogen-bond acceptors (Lipinski definition) is 4. The van der Waals surface area contributed by atoms with Crippen LogP contribution < -0.4 is 10.2 Å². The first kappa shape index (κ1) is 20.3. The summed E-state index contributed by atoms with van der Waals surface area (Å²) >= 11 is 0. The smallest absolute Gasteiger partial charge is 0.243 e. The lowest BCUT2D eigenvalue weighted by atomic mass is 10.1. The van der Waals surface area contributed by atoms with E-state index in [4.69, 9.17) is 4.74 Å². The summed E-state index contributed by atoms with van der Waals surface area (Å²) in [6, 6.07) is 12.2. The van der Waals surface area contributed by atoms with Gasteiger partial charge < -0.3 is 15.0 Å². The Hall–Kier alpha value is -2.00.